The maximum Gasteiger partial charge on any atom is 0.332 e. The normalized spacial score (nSPS) is 12.8. The number of likely N-dealkylation sites (N-methyl/N-ethyl adjacent to an activating group) is 1. The van der Waals surface area contributed by atoms with Gasteiger partial charge in [-0.25, -0.2) is 8.42 Å². The minimum atomic E-state index is -4.84. The van der Waals surface area contributed by atoms with Gasteiger partial charge in [-0.05, 0) is 31.2 Å². The van der Waals surface area contributed by atoms with Crippen molar-refractivity contribution in [1.82, 2.24) is 4.31 Å². The third-order valence-corrected chi connectivity index (χ3v) is 5.61. The third-order valence-electron chi connectivity index (χ3n) is 2.78. The van der Waals surface area contributed by atoms with E-state index in [0.717, 1.165) is 24.3 Å². The van der Waals surface area contributed by atoms with E-state index in [0.29, 0.717) is 6.61 Å². The number of sulfonamides is 1. The number of halogens is 1. The SMILES string of the molecule is CCOCCN(CC)S(=O)(=O)c1ccc(S(=O)(=O)F)cc1. The van der Waals surface area contributed by atoms with E-state index < -0.39 is 25.1 Å². The molecule has 1 aromatic rings. The minimum Gasteiger partial charge on any atom is -0.380 e. The van der Waals surface area contributed by atoms with Crippen LogP contribution in [0, 0.1) is 0 Å². The van der Waals surface area contributed by atoms with E-state index in [9.17, 15) is 20.7 Å². The molecule has 0 atom stereocenters. The molecule has 0 heterocycles. The van der Waals surface area contributed by atoms with Crippen molar-refractivity contribution in [1.29, 1.82) is 0 Å². The first-order valence-corrected chi connectivity index (χ1v) is 9.18. The predicted octanol–water partition coefficient (Wildman–Crippen LogP) is 1.39. The van der Waals surface area contributed by atoms with Crippen molar-refractivity contribution in [3.8, 4) is 0 Å². The van der Waals surface area contributed by atoms with Crippen LogP contribution in [0.15, 0.2) is 34.1 Å². The summed E-state index contributed by atoms with van der Waals surface area (Å²) < 4.78 is 65.2. The van der Waals surface area contributed by atoms with Gasteiger partial charge in [0.15, 0.2) is 0 Å². The molecule has 0 aromatic heterocycles. The topological polar surface area (TPSA) is 80.8 Å². The lowest BCUT2D eigenvalue weighted by Gasteiger charge is -2.20. The van der Waals surface area contributed by atoms with E-state index in [1.165, 1.54) is 4.31 Å². The number of nitrogens with zero attached hydrogens (tertiary/aromatic N) is 1. The summed E-state index contributed by atoms with van der Waals surface area (Å²) in [5, 5.41) is 0. The summed E-state index contributed by atoms with van der Waals surface area (Å²) in [7, 11) is -8.59. The zero-order valence-electron chi connectivity index (χ0n) is 11.8. The third kappa shape index (κ3) is 4.73. The number of hydrogen-bond acceptors (Lipinski definition) is 5. The van der Waals surface area contributed by atoms with Crippen LogP contribution in [0.4, 0.5) is 3.89 Å². The van der Waals surface area contributed by atoms with E-state index in [1.54, 1.807) is 13.8 Å². The Hall–Kier alpha value is -1.03. The fraction of sp³-hybridized carbons (Fsp3) is 0.500. The van der Waals surface area contributed by atoms with Crippen molar-refractivity contribution in [2.75, 3.05) is 26.3 Å². The molecular formula is C12H18FNO5S2. The second-order valence-electron chi connectivity index (χ2n) is 4.10. The van der Waals surface area contributed by atoms with E-state index in [1.807, 2.05) is 0 Å². The molecular weight excluding hydrogens is 321 g/mol. The van der Waals surface area contributed by atoms with Gasteiger partial charge in [0, 0.05) is 19.7 Å². The molecule has 21 heavy (non-hydrogen) atoms. The van der Waals surface area contributed by atoms with E-state index in [2.05, 4.69) is 0 Å². The second-order valence-corrected chi connectivity index (χ2v) is 7.39. The molecule has 0 N–H and O–H groups in total. The van der Waals surface area contributed by atoms with Crippen LogP contribution in [-0.4, -0.2) is 47.4 Å². The Morgan fingerprint density at radius 2 is 1.57 bits per heavy atom. The predicted molar refractivity (Wildman–Crippen MR) is 75.7 cm³/mol. The first-order valence-electron chi connectivity index (χ1n) is 6.36. The first-order chi connectivity index (χ1) is 9.73. The number of ether oxygens (including phenoxy) is 1. The zero-order chi connectivity index (χ0) is 16.1. The Labute approximate surface area is 124 Å². The van der Waals surface area contributed by atoms with Crippen LogP contribution in [-0.2, 0) is 25.0 Å². The Bertz CT molecular complexity index is 655. The quantitative estimate of drug-likeness (QED) is 0.528. The number of hydrogen-bond donors (Lipinski definition) is 0. The summed E-state index contributed by atoms with van der Waals surface area (Å²) in [5.41, 5.74) is 0. The van der Waals surface area contributed by atoms with Crippen molar-refractivity contribution >= 4 is 20.2 Å². The highest BCUT2D eigenvalue weighted by Crippen LogP contribution is 2.19. The highest BCUT2D eigenvalue weighted by molar-refractivity contribution is 7.89. The van der Waals surface area contributed by atoms with Crippen molar-refractivity contribution < 1.29 is 25.5 Å². The van der Waals surface area contributed by atoms with Crippen molar-refractivity contribution in [3.63, 3.8) is 0 Å². The van der Waals surface area contributed by atoms with Gasteiger partial charge in [-0.3, -0.25) is 0 Å². The van der Waals surface area contributed by atoms with Crippen LogP contribution in [0.2, 0.25) is 0 Å². The maximum atomic E-state index is 12.8. The van der Waals surface area contributed by atoms with Gasteiger partial charge in [-0.15, -0.1) is 3.89 Å². The molecule has 0 saturated carbocycles. The van der Waals surface area contributed by atoms with Crippen LogP contribution >= 0.6 is 0 Å². The van der Waals surface area contributed by atoms with Crippen LogP contribution in [0.5, 0.6) is 0 Å². The molecule has 0 amide bonds. The molecule has 1 rings (SSSR count). The number of rotatable bonds is 8. The molecule has 120 valence electrons. The fourth-order valence-corrected chi connectivity index (χ4v) is 3.58. The average molecular weight is 339 g/mol. The second kappa shape index (κ2) is 7.30. The molecule has 9 heteroatoms. The summed E-state index contributed by atoms with van der Waals surface area (Å²) in [6.07, 6.45) is 0. The van der Waals surface area contributed by atoms with Crippen LogP contribution in [0.1, 0.15) is 13.8 Å². The monoisotopic (exact) mass is 339 g/mol. The molecule has 0 saturated heterocycles. The lowest BCUT2D eigenvalue weighted by Crippen LogP contribution is -2.33. The smallest absolute Gasteiger partial charge is 0.332 e. The minimum absolute atomic E-state index is 0.0896. The molecule has 0 aliphatic heterocycles. The summed E-state index contributed by atoms with van der Waals surface area (Å²) in [5.74, 6) is 0. The Morgan fingerprint density at radius 3 is 2.00 bits per heavy atom. The Balaban J connectivity index is 3.00. The molecule has 0 aliphatic rings. The van der Waals surface area contributed by atoms with Crippen molar-refractivity contribution in [3.05, 3.63) is 24.3 Å². The standard InChI is InChI=1S/C12H18FNO5S2/c1-3-14(9-10-19-4-2)21(17,18)12-7-5-11(6-8-12)20(13,15)16/h5-8H,3-4,9-10H2,1-2H3. The fourth-order valence-electron chi connectivity index (χ4n) is 1.68. The summed E-state index contributed by atoms with van der Waals surface area (Å²) in [6, 6.07) is 4.01. The Kier molecular flexibility index (Phi) is 6.26. The highest BCUT2D eigenvalue weighted by Gasteiger charge is 2.23. The molecule has 0 spiro atoms. The van der Waals surface area contributed by atoms with Gasteiger partial charge in [0.1, 0.15) is 0 Å². The molecule has 0 aliphatic carbocycles. The Morgan fingerprint density at radius 1 is 1.05 bits per heavy atom. The van der Waals surface area contributed by atoms with Gasteiger partial charge in [0.05, 0.1) is 16.4 Å². The summed E-state index contributed by atoms with van der Waals surface area (Å²) in [6.45, 7) is 4.68. The zero-order valence-corrected chi connectivity index (χ0v) is 13.5. The molecule has 0 unspecified atom stereocenters. The summed E-state index contributed by atoms with van der Waals surface area (Å²) >= 11 is 0. The van der Waals surface area contributed by atoms with Gasteiger partial charge < -0.3 is 4.74 Å². The number of benzene rings is 1. The largest absolute Gasteiger partial charge is 0.380 e. The molecule has 0 fully saturated rings. The van der Waals surface area contributed by atoms with Crippen molar-refractivity contribution in [2.24, 2.45) is 0 Å². The van der Waals surface area contributed by atoms with E-state index in [-0.39, 0.29) is 24.6 Å². The van der Waals surface area contributed by atoms with E-state index in [4.69, 9.17) is 4.74 Å². The lowest BCUT2D eigenvalue weighted by atomic mass is 10.4. The average Bonchev–Trinajstić information content (AvgIpc) is 2.42. The molecule has 6 nitrogen and oxygen atoms in total. The van der Waals surface area contributed by atoms with Crippen LogP contribution in [0.25, 0.3) is 0 Å². The van der Waals surface area contributed by atoms with E-state index >= 15 is 0 Å². The first kappa shape index (κ1) is 18.0. The van der Waals surface area contributed by atoms with Gasteiger partial charge in [0.2, 0.25) is 10.0 Å². The molecule has 1 aromatic carbocycles. The highest BCUT2D eigenvalue weighted by atomic mass is 32.3. The van der Waals surface area contributed by atoms with Gasteiger partial charge in [-0.2, -0.15) is 12.7 Å². The van der Waals surface area contributed by atoms with Gasteiger partial charge in [0.25, 0.3) is 0 Å². The maximum absolute atomic E-state index is 12.8. The van der Waals surface area contributed by atoms with Crippen LogP contribution in [0.3, 0.4) is 0 Å². The van der Waals surface area contributed by atoms with Gasteiger partial charge in [-0.1, -0.05) is 6.92 Å². The summed E-state index contributed by atoms with van der Waals surface area (Å²) in [4.78, 5) is -0.660. The van der Waals surface area contributed by atoms with Gasteiger partial charge >= 0.3 is 10.2 Å². The molecule has 0 bridgehead atoms. The lowest BCUT2D eigenvalue weighted by molar-refractivity contribution is 0.135. The molecule has 0 radical (unpaired) electrons. The van der Waals surface area contributed by atoms with Crippen molar-refractivity contribution in [2.45, 2.75) is 23.6 Å². The van der Waals surface area contributed by atoms with Crippen LogP contribution < -0.4 is 0 Å².